The number of hydrogen-bond acceptors (Lipinski definition) is 2. The maximum atomic E-state index is 11.3. The van der Waals surface area contributed by atoms with Crippen LogP contribution in [0.2, 0.25) is 5.02 Å². The van der Waals surface area contributed by atoms with Crippen molar-refractivity contribution < 1.29 is 4.21 Å². The fourth-order valence-electron chi connectivity index (χ4n) is 1.82. The summed E-state index contributed by atoms with van der Waals surface area (Å²) in [4.78, 5) is 0. The Morgan fingerprint density at radius 1 is 1.24 bits per heavy atom. The van der Waals surface area contributed by atoms with Crippen molar-refractivity contribution in [1.29, 1.82) is 0 Å². The number of hydrogen-bond donors (Lipinski definition) is 1. The molecule has 0 unspecified atom stereocenters. The van der Waals surface area contributed by atoms with E-state index in [0.717, 1.165) is 39.0 Å². The Balaban J connectivity index is 2.11. The van der Waals surface area contributed by atoms with Gasteiger partial charge in [0.15, 0.2) is 0 Å². The second-order valence-electron chi connectivity index (χ2n) is 4.01. The molecule has 1 N–H and O–H groups in total. The standard InChI is InChI=1S/C11H12Br2ClNOS/c12-9-5-7(14)6-10(13)11(9)15-8-1-3-17(16)4-2-8/h5-6,8,15H,1-4H2. The van der Waals surface area contributed by atoms with Gasteiger partial charge in [-0.1, -0.05) is 11.6 Å². The predicted molar refractivity (Wildman–Crippen MR) is 81.4 cm³/mol. The van der Waals surface area contributed by atoms with Gasteiger partial charge in [-0.3, -0.25) is 4.21 Å². The molecule has 1 fully saturated rings. The van der Waals surface area contributed by atoms with Gasteiger partial charge in [-0.25, -0.2) is 0 Å². The maximum Gasteiger partial charge on any atom is 0.0632 e. The van der Waals surface area contributed by atoms with Crippen LogP contribution in [0.15, 0.2) is 21.1 Å². The average Bonchev–Trinajstić information content (AvgIpc) is 2.26. The van der Waals surface area contributed by atoms with E-state index in [1.807, 2.05) is 12.1 Å². The number of benzene rings is 1. The zero-order valence-corrected chi connectivity index (χ0v) is 13.8. The van der Waals surface area contributed by atoms with Crippen molar-refractivity contribution in [3.05, 3.63) is 26.1 Å². The Kier molecular flexibility index (Phi) is 4.92. The minimum atomic E-state index is -0.618. The van der Waals surface area contributed by atoms with Crippen LogP contribution < -0.4 is 5.32 Å². The summed E-state index contributed by atoms with van der Waals surface area (Å²) in [7, 11) is -0.618. The zero-order valence-electron chi connectivity index (χ0n) is 9.01. The molecule has 0 radical (unpaired) electrons. The molecule has 1 saturated heterocycles. The van der Waals surface area contributed by atoms with Gasteiger partial charge < -0.3 is 5.32 Å². The molecular weight excluding hydrogens is 389 g/mol. The summed E-state index contributed by atoms with van der Waals surface area (Å²) < 4.78 is 13.2. The highest BCUT2D eigenvalue weighted by atomic mass is 79.9. The Morgan fingerprint density at radius 2 is 1.76 bits per heavy atom. The normalized spacial score (nSPS) is 24.6. The van der Waals surface area contributed by atoms with E-state index in [2.05, 4.69) is 37.2 Å². The monoisotopic (exact) mass is 399 g/mol. The highest BCUT2D eigenvalue weighted by Crippen LogP contribution is 2.35. The molecule has 1 heterocycles. The van der Waals surface area contributed by atoms with Crippen LogP contribution in [0, 0.1) is 0 Å². The fraction of sp³-hybridized carbons (Fsp3) is 0.455. The highest BCUT2D eigenvalue weighted by molar-refractivity contribution is 9.11. The van der Waals surface area contributed by atoms with E-state index in [9.17, 15) is 4.21 Å². The largest absolute Gasteiger partial charge is 0.380 e. The lowest BCUT2D eigenvalue weighted by molar-refractivity contribution is 0.623. The second-order valence-corrected chi connectivity index (χ2v) is 7.85. The smallest absolute Gasteiger partial charge is 0.0632 e. The van der Waals surface area contributed by atoms with E-state index >= 15 is 0 Å². The Labute approximate surface area is 125 Å². The molecular formula is C11H12Br2ClNOS. The lowest BCUT2D eigenvalue weighted by Crippen LogP contribution is -2.29. The summed E-state index contributed by atoms with van der Waals surface area (Å²) >= 11 is 13.0. The van der Waals surface area contributed by atoms with E-state index in [-0.39, 0.29) is 0 Å². The molecule has 1 aromatic rings. The van der Waals surface area contributed by atoms with Gasteiger partial charge in [0.1, 0.15) is 0 Å². The Hall–Kier alpha value is 0.420. The predicted octanol–water partition coefficient (Wildman–Crippen LogP) is 4.19. The minimum absolute atomic E-state index is 0.390. The zero-order chi connectivity index (χ0) is 12.4. The van der Waals surface area contributed by atoms with Crippen LogP contribution in [-0.2, 0) is 10.8 Å². The van der Waals surface area contributed by atoms with Crippen LogP contribution >= 0.6 is 43.5 Å². The van der Waals surface area contributed by atoms with Gasteiger partial charge in [-0.05, 0) is 56.8 Å². The first-order valence-corrected chi connectivity index (χ1v) is 8.77. The molecule has 0 saturated carbocycles. The maximum absolute atomic E-state index is 11.3. The molecule has 0 spiro atoms. The molecule has 1 aliphatic rings. The van der Waals surface area contributed by atoms with Gasteiger partial charge in [-0.15, -0.1) is 0 Å². The number of rotatable bonds is 2. The minimum Gasteiger partial charge on any atom is -0.380 e. The summed E-state index contributed by atoms with van der Waals surface area (Å²) in [6.45, 7) is 0. The Morgan fingerprint density at radius 3 is 2.29 bits per heavy atom. The van der Waals surface area contributed by atoms with Crippen molar-refractivity contribution >= 4 is 59.9 Å². The van der Waals surface area contributed by atoms with Gasteiger partial charge in [0, 0.05) is 42.3 Å². The second kappa shape index (κ2) is 6.04. The van der Waals surface area contributed by atoms with Crippen molar-refractivity contribution in [1.82, 2.24) is 0 Å². The average molecular weight is 402 g/mol. The van der Waals surface area contributed by atoms with Crippen molar-refractivity contribution in [3.63, 3.8) is 0 Å². The first-order chi connectivity index (χ1) is 8.06. The molecule has 0 aliphatic carbocycles. The van der Waals surface area contributed by atoms with Gasteiger partial charge in [0.05, 0.1) is 5.69 Å². The van der Waals surface area contributed by atoms with E-state index < -0.39 is 10.8 Å². The summed E-state index contributed by atoms with van der Waals surface area (Å²) in [5.41, 5.74) is 1.02. The summed E-state index contributed by atoms with van der Waals surface area (Å²) in [6.07, 6.45) is 1.90. The molecule has 0 amide bonds. The summed E-state index contributed by atoms with van der Waals surface area (Å²) in [5.74, 6) is 1.58. The van der Waals surface area contributed by atoms with Crippen molar-refractivity contribution in [2.24, 2.45) is 0 Å². The van der Waals surface area contributed by atoms with E-state index in [1.165, 1.54) is 0 Å². The molecule has 6 heteroatoms. The van der Waals surface area contributed by atoms with Gasteiger partial charge >= 0.3 is 0 Å². The molecule has 0 bridgehead atoms. The highest BCUT2D eigenvalue weighted by Gasteiger charge is 2.19. The van der Waals surface area contributed by atoms with Crippen LogP contribution in [0.3, 0.4) is 0 Å². The lowest BCUT2D eigenvalue weighted by atomic mass is 10.1. The van der Waals surface area contributed by atoms with E-state index in [4.69, 9.17) is 11.6 Å². The van der Waals surface area contributed by atoms with E-state index in [0.29, 0.717) is 11.1 Å². The van der Waals surface area contributed by atoms with Crippen LogP contribution in [0.25, 0.3) is 0 Å². The number of halogens is 3. The third-order valence-electron chi connectivity index (χ3n) is 2.74. The molecule has 1 aliphatic heterocycles. The quantitative estimate of drug-likeness (QED) is 0.805. The molecule has 2 rings (SSSR count). The third-order valence-corrected chi connectivity index (χ3v) is 5.59. The molecule has 94 valence electrons. The molecule has 17 heavy (non-hydrogen) atoms. The van der Waals surface area contributed by atoms with Crippen LogP contribution in [0.4, 0.5) is 5.69 Å². The number of anilines is 1. The Bertz CT molecular complexity index is 422. The van der Waals surface area contributed by atoms with Crippen LogP contribution in [-0.4, -0.2) is 21.8 Å². The fourth-order valence-corrected chi connectivity index (χ4v) is 5.02. The van der Waals surface area contributed by atoms with Crippen molar-refractivity contribution in [2.75, 3.05) is 16.8 Å². The molecule has 2 nitrogen and oxygen atoms in total. The molecule has 0 aromatic heterocycles. The van der Waals surface area contributed by atoms with Crippen molar-refractivity contribution in [3.8, 4) is 0 Å². The van der Waals surface area contributed by atoms with Crippen molar-refractivity contribution in [2.45, 2.75) is 18.9 Å². The summed E-state index contributed by atoms with van der Waals surface area (Å²) in [6, 6.07) is 4.13. The first-order valence-electron chi connectivity index (χ1n) is 5.32. The first kappa shape index (κ1) is 13.8. The lowest BCUT2D eigenvalue weighted by Gasteiger charge is -2.25. The van der Waals surface area contributed by atoms with Gasteiger partial charge in [-0.2, -0.15) is 0 Å². The number of nitrogens with one attached hydrogen (secondary N) is 1. The van der Waals surface area contributed by atoms with Crippen LogP contribution in [0.5, 0.6) is 0 Å². The van der Waals surface area contributed by atoms with Gasteiger partial charge in [0.2, 0.25) is 0 Å². The van der Waals surface area contributed by atoms with Gasteiger partial charge in [0.25, 0.3) is 0 Å². The SMILES string of the molecule is O=S1CCC(Nc2c(Br)cc(Cl)cc2Br)CC1. The summed E-state index contributed by atoms with van der Waals surface area (Å²) in [5, 5.41) is 4.17. The molecule has 1 aromatic carbocycles. The van der Waals surface area contributed by atoms with E-state index in [1.54, 1.807) is 0 Å². The third kappa shape index (κ3) is 3.69. The topological polar surface area (TPSA) is 29.1 Å². The van der Waals surface area contributed by atoms with Crippen LogP contribution in [0.1, 0.15) is 12.8 Å². The molecule has 0 atom stereocenters.